The Morgan fingerprint density at radius 1 is 0.367 bits per heavy atom. The molecule has 302 valence electrons. The summed E-state index contributed by atoms with van der Waals surface area (Å²) >= 11 is 0. The average Bonchev–Trinajstić information content (AvgIpc) is 3.17. The molecule has 0 amide bonds. The lowest BCUT2D eigenvalue weighted by molar-refractivity contribution is -0.271. The summed E-state index contributed by atoms with van der Waals surface area (Å²) in [6, 6.07) is 43.1. The third-order valence-corrected chi connectivity index (χ3v) is 17.6. The third kappa shape index (κ3) is 7.64. The quantitative estimate of drug-likeness (QED) is 0.136. The highest BCUT2D eigenvalue weighted by Gasteiger charge is 2.32. The minimum Gasteiger partial charge on any atom is -0.872 e. The second kappa shape index (κ2) is 15.7. The van der Waals surface area contributed by atoms with E-state index in [2.05, 4.69) is 24.3 Å². The summed E-state index contributed by atoms with van der Waals surface area (Å²) in [4.78, 5) is 0. The second-order valence-corrected chi connectivity index (χ2v) is 22.8. The van der Waals surface area contributed by atoms with Gasteiger partial charge in [-0.3, -0.25) is 0 Å². The zero-order chi connectivity index (χ0) is 42.7. The number of hydrogen-bond acceptors (Lipinski definition) is 4. The first kappa shape index (κ1) is 41.1. The molecule has 0 atom stereocenters. The van der Waals surface area contributed by atoms with Gasteiger partial charge in [0, 0.05) is 33.5 Å². The van der Waals surface area contributed by atoms with Gasteiger partial charge in [0.1, 0.15) is 14.3 Å². The molecule has 0 spiro atoms. The second-order valence-electron chi connectivity index (χ2n) is 17.1. The Balaban J connectivity index is 1.40. The zero-order valence-corrected chi connectivity index (χ0v) is 37.4. The Morgan fingerprint density at radius 3 is 0.883 bits per heavy atom. The molecule has 0 aromatic heterocycles. The number of rotatable bonds is 9. The Hall–Kier alpha value is -5.66. The van der Waals surface area contributed by atoms with Crippen LogP contribution in [0.5, 0.6) is 11.5 Å². The van der Waals surface area contributed by atoms with Crippen molar-refractivity contribution < 1.29 is 19.3 Å². The number of fused-ring (bicyclic) bond motifs is 2. The number of benzene rings is 8. The molecule has 0 aliphatic heterocycles. The molecule has 0 aliphatic rings. The van der Waals surface area contributed by atoms with Gasteiger partial charge in [-0.05, 0) is 148 Å². The van der Waals surface area contributed by atoms with Crippen LogP contribution in [-0.4, -0.2) is 0 Å². The monoisotopic (exact) mass is 824 g/mol. The van der Waals surface area contributed by atoms with Crippen molar-refractivity contribution in [3.05, 3.63) is 189 Å². The Kier molecular flexibility index (Phi) is 10.8. The first-order valence-corrected chi connectivity index (χ1v) is 24.3. The third-order valence-electron chi connectivity index (χ3n) is 11.7. The molecule has 8 rings (SSSR count). The lowest BCUT2D eigenvalue weighted by Gasteiger charge is -2.31. The molecule has 0 heterocycles. The molecule has 0 saturated carbocycles. The van der Waals surface area contributed by atoms with Crippen molar-refractivity contribution in [3.63, 3.8) is 0 Å². The average molecular weight is 825 g/mol. The maximum Gasteiger partial charge on any atom is 0.147 e. The van der Waals surface area contributed by atoms with Gasteiger partial charge in [0.2, 0.25) is 0 Å². The fraction of sp³-hybridized carbons (Fsp3) is 0.185. The van der Waals surface area contributed by atoms with E-state index in [0.717, 1.165) is 55.3 Å². The van der Waals surface area contributed by atoms with Gasteiger partial charge < -0.3 is 19.3 Å². The maximum absolute atomic E-state index is 16.0. The van der Waals surface area contributed by atoms with E-state index < -0.39 is 14.3 Å². The molecule has 0 unspecified atom stereocenters. The van der Waals surface area contributed by atoms with Crippen LogP contribution in [0.25, 0.3) is 32.7 Å². The molecular weight excluding hydrogens is 775 g/mol. The van der Waals surface area contributed by atoms with E-state index in [1.807, 2.05) is 165 Å². The number of aryl methyl sites for hydroxylation is 8. The van der Waals surface area contributed by atoms with E-state index in [0.29, 0.717) is 43.1 Å². The molecule has 4 nitrogen and oxygen atoms in total. The van der Waals surface area contributed by atoms with E-state index >= 15 is 19.3 Å². The fourth-order valence-electron chi connectivity index (χ4n) is 9.28. The van der Waals surface area contributed by atoms with Crippen molar-refractivity contribution in [2.45, 2.75) is 67.7 Å². The van der Waals surface area contributed by atoms with Crippen LogP contribution in [0.1, 0.15) is 55.6 Å². The topological polar surface area (TPSA) is 80.3 Å². The van der Waals surface area contributed by atoms with Crippen molar-refractivity contribution in [2.75, 3.05) is 0 Å². The van der Waals surface area contributed by atoms with Gasteiger partial charge in [-0.2, -0.15) is 0 Å². The minimum absolute atomic E-state index is 0.0180. The van der Waals surface area contributed by atoms with Crippen LogP contribution in [0.3, 0.4) is 0 Å². The molecule has 0 aliphatic carbocycles. The van der Waals surface area contributed by atoms with Gasteiger partial charge in [-0.15, -0.1) is 0 Å². The molecular formula is C54H50O4P2-2. The molecule has 0 bridgehead atoms. The standard InChI is InChI=1S/C54H52O4P2/c1-33-17-34(2)22-45(21-33)59(57,46-23-35(3)18-36(4)24-46)31-43-29-41-13-9-11-15-49(41)51(53(43)55)52-50-16-12-10-14-42(50)30-44(54(52)56)32-60(58,47-25-37(5)19-38(6)26-47)48-27-39(7)20-40(8)28-48/h9-30,55-56H,31-32H2,1-8H3/p-2. The van der Waals surface area contributed by atoms with Gasteiger partial charge in [0.15, 0.2) is 0 Å². The molecule has 60 heavy (non-hydrogen) atoms. The first-order chi connectivity index (χ1) is 28.5. The van der Waals surface area contributed by atoms with Crippen LogP contribution in [0, 0.1) is 55.4 Å². The summed E-state index contributed by atoms with van der Waals surface area (Å²) in [6.07, 6.45) is -0.0359. The largest absolute Gasteiger partial charge is 0.872 e. The molecule has 0 saturated heterocycles. The zero-order valence-electron chi connectivity index (χ0n) is 35.6. The van der Waals surface area contributed by atoms with E-state index in [-0.39, 0.29) is 34.9 Å². The van der Waals surface area contributed by atoms with Crippen molar-refractivity contribution in [1.82, 2.24) is 0 Å². The highest BCUT2D eigenvalue weighted by atomic mass is 31.2. The highest BCUT2D eigenvalue weighted by Crippen LogP contribution is 2.55. The minimum atomic E-state index is -3.47. The lowest BCUT2D eigenvalue weighted by atomic mass is 9.89. The van der Waals surface area contributed by atoms with Crippen molar-refractivity contribution >= 4 is 57.0 Å². The summed E-state index contributed by atoms with van der Waals surface area (Å²) < 4.78 is 31.9. The van der Waals surface area contributed by atoms with Gasteiger partial charge in [-0.25, -0.2) is 0 Å². The Morgan fingerprint density at radius 2 is 0.617 bits per heavy atom. The van der Waals surface area contributed by atoms with Gasteiger partial charge in [0.05, 0.1) is 0 Å². The Bertz CT molecular complexity index is 2720. The van der Waals surface area contributed by atoms with E-state index in [9.17, 15) is 0 Å². The smallest absolute Gasteiger partial charge is 0.147 e. The van der Waals surface area contributed by atoms with Crippen LogP contribution in [-0.2, 0) is 21.5 Å². The SMILES string of the molecule is Cc1cc(C)cc(P(=O)(Cc2cc3ccccc3c(-c3c([O-])c(CP(=O)(c4cc(C)cc(C)c4)c4cc(C)cc(C)c4)cc4ccccc34)c2[O-])c2cc(C)cc(C)c2)c1. The summed E-state index contributed by atoms with van der Waals surface area (Å²) in [5, 5.41) is 36.6. The first-order valence-electron chi connectivity index (χ1n) is 20.5. The van der Waals surface area contributed by atoms with E-state index in [1.165, 1.54) is 0 Å². The van der Waals surface area contributed by atoms with Crippen molar-refractivity contribution in [1.29, 1.82) is 0 Å². The van der Waals surface area contributed by atoms with Gasteiger partial charge in [-0.1, -0.05) is 141 Å². The Labute approximate surface area is 354 Å². The molecule has 0 fully saturated rings. The summed E-state index contributed by atoms with van der Waals surface area (Å²) in [7, 11) is -6.93. The molecule has 0 radical (unpaired) electrons. The highest BCUT2D eigenvalue weighted by molar-refractivity contribution is 7.78. The maximum atomic E-state index is 16.0. The van der Waals surface area contributed by atoms with Crippen LogP contribution in [0.15, 0.2) is 133 Å². The van der Waals surface area contributed by atoms with Crippen LogP contribution in [0.4, 0.5) is 0 Å². The summed E-state index contributed by atoms with van der Waals surface area (Å²) in [6.45, 7) is 16.0. The van der Waals surface area contributed by atoms with E-state index in [4.69, 9.17) is 0 Å². The molecule has 8 aromatic carbocycles. The van der Waals surface area contributed by atoms with Crippen molar-refractivity contribution in [3.8, 4) is 22.6 Å². The lowest BCUT2D eigenvalue weighted by Crippen LogP contribution is -2.20. The van der Waals surface area contributed by atoms with Gasteiger partial charge in [0.25, 0.3) is 0 Å². The van der Waals surface area contributed by atoms with Gasteiger partial charge >= 0.3 is 0 Å². The van der Waals surface area contributed by atoms with Crippen molar-refractivity contribution in [2.24, 2.45) is 0 Å². The predicted octanol–water partition coefficient (Wildman–Crippen LogP) is 11.3. The molecule has 0 N–H and O–H groups in total. The fourth-order valence-corrected chi connectivity index (χ4v) is 15.3. The van der Waals surface area contributed by atoms with Crippen LogP contribution in [0.2, 0.25) is 0 Å². The summed E-state index contributed by atoms with van der Waals surface area (Å²) in [5.41, 5.74) is 9.29. The molecule has 6 heteroatoms. The van der Waals surface area contributed by atoms with Crippen LogP contribution >= 0.6 is 14.3 Å². The summed E-state index contributed by atoms with van der Waals surface area (Å²) in [5.74, 6) is -0.650. The van der Waals surface area contributed by atoms with E-state index in [1.54, 1.807) is 0 Å². The predicted molar refractivity (Wildman–Crippen MR) is 251 cm³/mol. The van der Waals surface area contributed by atoms with Crippen LogP contribution < -0.4 is 31.4 Å². The normalized spacial score (nSPS) is 12.1. The molecule has 8 aromatic rings. The number of hydrogen-bond donors (Lipinski definition) is 0.